The Balaban J connectivity index is 5.26. The van der Waals surface area contributed by atoms with Crippen molar-refractivity contribution in [3.8, 4) is 0 Å². The van der Waals surface area contributed by atoms with Gasteiger partial charge in [-0.15, -0.1) is 0 Å². The molecule has 92 heavy (non-hydrogen) atoms. The molecule has 2 unspecified atom stereocenters. The summed E-state index contributed by atoms with van der Waals surface area (Å²) in [4.78, 5) is 72.7. The fraction of sp³-hybridized carbons (Fsp3) is 0.945. The van der Waals surface area contributed by atoms with Crippen LogP contribution in [-0.4, -0.2) is 96.7 Å². The summed E-state index contributed by atoms with van der Waals surface area (Å²) >= 11 is 0. The minimum atomic E-state index is -4.95. The largest absolute Gasteiger partial charge is 0.472 e. The quantitative estimate of drug-likeness (QED) is 0.0222. The highest BCUT2D eigenvalue weighted by Gasteiger charge is 2.30. The maximum Gasteiger partial charge on any atom is 0.472 e. The first-order valence-corrected chi connectivity index (χ1v) is 41.1. The Kier molecular flexibility index (Phi) is 64.9. The van der Waals surface area contributed by atoms with E-state index in [0.29, 0.717) is 25.7 Å². The zero-order valence-electron chi connectivity index (χ0n) is 59.7. The summed E-state index contributed by atoms with van der Waals surface area (Å²) in [6.07, 6.45) is 53.8. The third kappa shape index (κ3) is 66.7. The molecule has 3 N–H and O–H groups in total. The SMILES string of the molecule is CCCCCCCCCCCCCCCC(=O)OC[C@H](COP(=O)(O)OC[C@@H](O)COP(=O)(O)OC[C@@H](COC(=O)CCCCCCCCCCCCCC)OC(=O)CCCCCCCCCCCCCC)OC(=O)CCCCCCCCCCCCCCC(C)C. The summed E-state index contributed by atoms with van der Waals surface area (Å²) in [5, 5.41) is 10.6. The average molecular weight is 1350 g/mol. The lowest BCUT2D eigenvalue weighted by Gasteiger charge is -2.21. The molecule has 0 aliphatic rings. The number of rotatable bonds is 73. The van der Waals surface area contributed by atoms with Crippen molar-refractivity contribution in [3.05, 3.63) is 0 Å². The van der Waals surface area contributed by atoms with E-state index >= 15 is 0 Å². The van der Waals surface area contributed by atoms with E-state index in [1.807, 2.05) is 0 Å². The molecule has 0 amide bonds. The molecule has 19 heteroatoms. The second-order valence-electron chi connectivity index (χ2n) is 26.8. The number of ether oxygens (including phenoxy) is 4. The molecule has 0 bridgehead atoms. The van der Waals surface area contributed by atoms with Crippen molar-refractivity contribution in [2.24, 2.45) is 5.92 Å². The van der Waals surface area contributed by atoms with Crippen molar-refractivity contribution >= 4 is 39.5 Å². The van der Waals surface area contributed by atoms with Gasteiger partial charge in [-0.25, -0.2) is 9.13 Å². The zero-order chi connectivity index (χ0) is 67.7. The highest BCUT2D eigenvalue weighted by atomic mass is 31.2. The minimum absolute atomic E-state index is 0.108. The predicted octanol–water partition coefficient (Wildman–Crippen LogP) is 21.3. The monoisotopic (exact) mass is 1350 g/mol. The van der Waals surface area contributed by atoms with Gasteiger partial charge in [-0.05, 0) is 31.6 Å². The molecule has 0 fully saturated rings. The lowest BCUT2D eigenvalue weighted by Crippen LogP contribution is -2.30. The van der Waals surface area contributed by atoms with Crippen LogP contribution in [0.25, 0.3) is 0 Å². The topological polar surface area (TPSA) is 237 Å². The van der Waals surface area contributed by atoms with Gasteiger partial charge >= 0.3 is 39.5 Å². The molecule has 0 aliphatic carbocycles. The van der Waals surface area contributed by atoms with Gasteiger partial charge in [0.2, 0.25) is 0 Å². The molecule has 0 spiro atoms. The van der Waals surface area contributed by atoms with Crippen LogP contribution in [0.2, 0.25) is 0 Å². The Morgan fingerprint density at radius 1 is 0.293 bits per heavy atom. The lowest BCUT2D eigenvalue weighted by atomic mass is 10.0. The second-order valence-corrected chi connectivity index (χ2v) is 29.7. The molecular weight excluding hydrogens is 1210 g/mol. The molecule has 0 aromatic heterocycles. The van der Waals surface area contributed by atoms with Crippen LogP contribution in [0.5, 0.6) is 0 Å². The lowest BCUT2D eigenvalue weighted by molar-refractivity contribution is -0.161. The van der Waals surface area contributed by atoms with Gasteiger partial charge in [-0.1, -0.05) is 330 Å². The number of aliphatic hydroxyl groups is 1. The summed E-state index contributed by atoms with van der Waals surface area (Å²) < 4.78 is 68.4. The molecule has 546 valence electrons. The first-order valence-electron chi connectivity index (χ1n) is 38.1. The van der Waals surface area contributed by atoms with E-state index in [-0.39, 0.29) is 25.7 Å². The molecule has 0 heterocycles. The Morgan fingerprint density at radius 3 is 0.739 bits per heavy atom. The third-order valence-electron chi connectivity index (χ3n) is 17.0. The van der Waals surface area contributed by atoms with E-state index in [2.05, 4.69) is 34.6 Å². The van der Waals surface area contributed by atoms with Crippen molar-refractivity contribution in [1.82, 2.24) is 0 Å². The first-order chi connectivity index (χ1) is 44.5. The predicted molar refractivity (Wildman–Crippen MR) is 372 cm³/mol. The fourth-order valence-electron chi connectivity index (χ4n) is 11.2. The van der Waals surface area contributed by atoms with Crippen LogP contribution >= 0.6 is 15.6 Å². The molecular formula is C73H142O17P2. The van der Waals surface area contributed by atoms with Crippen molar-refractivity contribution < 1.29 is 80.2 Å². The summed E-state index contributed by atoms with van der Waals surface area (Å²) in [5.74, 6) is -1.34. The van der Waals surface area contributed by atoms with Crippen molar-refractivity contribution in [3.63, 3.8) is 0 Å². The van der Waals surface area contributed by atoms with Crippen LogP contribution in [0, 0.1) is 5.92 Å². The maximum absolute atomic E-state index is 13.1. The van der Waals surface area contributed by atoms with Crippen LogP contribution in [0.1, 0.15) is 381 Å². The van der Waals surface area contributed by atoms with Gasteiger partial charge in [0.05, 0.1) is 26.4 Å². The van der Waals surface area contributed by atoms with Crippen LogP contribution < -0.4 is 0 Å². The number of unbranched alkanes of at least 4 members (excludes halogenated alkanes) is 45. The van der Waals surface area contributed by atoms with Gasteiger partial charge < -0.3 is 33.8 Å². The minimum Gasteiger partial charge on any atom is -0.462 e. The number of carbonyl (C=O) groups is 4. The van der Waals surface area contributed by atoms with Crippen LogP contribution in [0.3, 0.4) is 0 Å². The van der Waals surface area contributed by atoms with Crippen LogP contribution in [-0.2, 0) is 65.4 Å². The standard InChI is InChI=1S/C73H142O17P2/c1-6-9-12-15-18-21-24-27-33-37-42-47-52-57-71(76)84-63-69(90-73(78)59-54-49-44-39-34-29-28-30-35-40-45-50-55-66(4)5)65-88-92(81,82)86-61-67(74)60-85-91(79,80)87-64-68(89-72(77)58-53-48-43-38-32-26-23-20-17-14-11-8-3)62-83-70(75)56-51-46-41-36-31-25-22-19-16-13-10-7-2/h66-69,74H,6-65H2,1-5H3,(H,79,80)(H,81,82)/t67-,68+,69+/m0/s1. The van der Waals surface area contributed by atoms with Gasteiger partial charge in [-0.3, -0.25) is 37.3 Å². The Hall–Kier alpha value is -1.94. The van der Waals surface area contributed by atoms with E-state index in [1.165, 1.54) is 205 Å². The smallest absolute Gasteiger partial charge is 0.462 e. The van der Waals surface area contributed by atoms with Crippen LogP contribution in [0.4, 0.5) is 0 Å². The Bertz CT molecular complexity index is 1770. The van der Waals surface area contributed by atoms with E-state index < -0.39 is 97.5 Å². The molecule has 0 aliphatic heterocycles. The Labute approximate surface area is 562 Å². The van der Waals surface area contributed by atoms with Crippen molar-refractivity contribution in [2.75, 3.05) is 39.6 Å². The number of carbonyl (C=O) groups excluding carboxylic acids is 4. The number of aliphatic hydroxyl groups excluding tert-OH is 1. The molecule has 0 radical (unpaired) electrons. The van der Waals surface area contributed by atoms with Crippen LogP contribution in [0.15, 0.2) is 0 Å². The van der Waals surface area contributed by atoms with Gasteiger partial charge in [0.1, 0.15) is 19.3 Å². The number of phosphoric acid groups is 2. The fourth-order valence-corrected chi connectivity index (χ4v) is 12.8. The van der Waals surface area contributed by atoms with E-state index in [1.54, 1.807) is 0 Å². The molecule has 0 aromatic carbocycles. The molecule has 0 saturated heterocycles. The summed E-state index contributed by atoms with van der Waals surface area (Å²) in [5.41, 5.74) is 0. The number of hydrogen-bond acceptors (Lipinski definition) is 15. The molecule has 0 saturated carbocycles. The number of hydrogen-bond donors (Lipinski definition) is 3. The first kappa shape index (κ1) is 90.1. The molecule has 0 aromatic rings. The van der Waals surface area contributed by atoms with E-state index in [0.717, 1.165) is 95.8 Å². The normalized spacial score (nSPS) is 14.0. The summed E-state index contributed by atoms with van der Waals surface area (Å²) in [6, 6.07) is 0. The molecule has 0 rings (SSSR count). The number of esters is 4. The highest BCUT2D eigenvalue weighted by molar-refractivity contribution is 7.47. The van der Waals surface area contributed by atoms with Gasteiger partial charge in [-0.2, -0.15) is 0 Å². The summed E-state index contributed by atoms with van der Waals surface area (Å²) in [7, 11) is -9.90. The van der Waals surface area contributed by atoms with E-state index in [4.69, 9.17) is 37.0 Å². The zero-order valence-corrected chi connectivity index (χ0v) is 61.5. The highest BCUT2D eigenvalue weighted by Crippen LogP contribution is 2.45. The van der Waals surface area contributed by atoms with E-state index in [9.17, 15) is 43.2 Å². The second kappa shape index (κ2) is 66.3. The summed E-state index contributed by atoms with van der Waals surface area (Å²) in [6.45, 7) is 7.29. The maximum atomic E-state index is 13.1. The van der Waals surface area contributed by atoms with Gasteiger partial charge in [0.15, 0.2) is 12.2 Å². The molecule has 5 atom stereocenters. The third-order valence-corrected chi connectivity index (χ3v) is 18.9. The van der Waals surface area contributed by atoms with Gasteiger partial charge in [0.25, 0.3) is 0 Å². The average Bonchev–Trinajstić information content (AvgIpc) is 1.69. The van der Waals surface area contributed by atoms with Gasteiger partial charge in [0, 0.05) is 25.7 Å². The molecule has 17 nitrogen and oxygen atoms in total. The van der Waals surface area contributed by atoms with Crippen molar-refractivity contribution in [1.29, 1.82) is 0 Å². The number of phosphoric ester groups is 2. The van der Waals surface area contributed by atoms with Crippen molar-refractivity contribution in [2.45, 2.75) is 400 Å². The Morgan fingerprint density at radius 2 is 0.500 bits per heavy atom.